The smallest absolute Gasteiger partial charge is 0.234 e. The summed E-state index contributed by atoms with van der Waals surface area (Å²) in [5.41, 5.74) is 1.67. The Kier molecular flexibility index (Phi) is 4.41. The van der Waals surface area contributed by atoms with Crippen LogP contribution < -0.4 is 4.90 Å². The molecule has 2 aromatic rings. The van der Waals surface area contributed by atoms with Crippen LogP contribution in [0.15, 0.2) is 36.7 Å². The summed E-state index contributed by atoms with van der Waals surface area (Å²) >= 11 is -1.92. The van der Waals surface area contributed by atoms with Crippen molar-refractivity contribution in [1.29, 1.82) is 0 Å². The van der Waals surface area contributed by atoms with E-state index < -0.39 is 11.3 Å². The van der Waals surface area contributed by atoms with Gasteiger partial charge in [-0.15, -0.1) is 0 Å². The van der Waals surface area contributed by atoms with Gasteiger partial charge in [-0.25, -0.2) is 18.6 Å². The zero-order valence-corrected chi connectivity index (χ0v) is 12.5. The molecule has 0 radical (unpaired) electrons. The van der Waals surface area contributed by atoms with E-state index in [-0.39, 0.29) is 5.82 Å². The molecule has 1 saturated heterocycles. The van der Waals surface area contributed by atoms with E-state index in [2.05, 4.69) is 9.97 Å². The maximum Gasteiger partial charge on any atom is 0.234 e. The molecule has 1 atom stereocenters. The molecule has 0 amide bonds. The van der Waals surface area contributed by atoms with Crippen LogP contribution in [0.3, 0.4) is 0 Å². The van der Waals surface area contributed by atoms with Crippen molar-refractivity contribution in [3.05, 3.63) is 42.5 Å². The molecule has 0 saturated carbocycles. The van der Waals surface area contributed by atoms with E-state index in [0.717, 1.165) is 11.1 Å². The first-order chi connectivity index (χ1) is 10.6. The number of benzene rings is 1. The van der Waals surface area contributed by atoms with E-state index in [1.54, 1.807) is 24.5 Å². The van der Waals surface area contributed by atoms with Gasteiger partial charge in [0.2, 0.25) is 17.2 Å². The monoisotopic (exact) mass is 322 g/mol. The molecule has 0 spiro atoms. The van der Waals surface area contributed by atoms with Crippen molar-refractivity contribution in [1.82, 2.24) is 14.3 Å². The number of piperazine rings is 1. The molecule has 1 aliphatic rings. The molecular weight excluding hydrogens is 307 g/mol. The van der Waals surface area contributed by atoms with Crippen LogP contribution in [0.25, 0.3) is 11.1 Å². The quantitative estimate of drug-likeness (QED) is 0.868. The number of halogens is 1. The largest absolute Gasteiger partial charge is 0.338 e. The van der Waals surface area contributed by atoms with Gasteiger partial charge in [-0.2, -0.15) is 4.31 Å². The highest BCUT2D eigenvalue weighted by atomic mass is 32.2. The zero-order valence-electron chi connectivity index (χ0n) is 11.7. The molecule has 1 aromatic heterocycles. The van der Waals surface area contributed by atoms with Gasteiger partial charge < -0.3 is 4.90 Å². The second-order valence-electron chi connectivity index (χ2n) is 4.93. The summed E-state index contributed by atoms with van der Waals surface area (Å²) in [5, 5.41) is 0. The average Bonchev–Trinajstić information content (AvgIpc) is 2.56. The highest BCUT2D eigenvalue weighted by Gasteiger charge is 2.21. The van der Waals surface area contributed by atoms with E-state index in [4.69, 9.17) is 4.55 Å². The number of hydrogen-bond acceptors (Lipinski definition) is 4. The van der Waals surface area contributed by atoms with Crippen LogP contribution in [0.1, 0.15) is 0 Å². The van der Waals surface area contributed by atoms with Crippen molar-refractivity contribution in [2.75, 3.05) is 31.1 Å². The minimum atomic E-state index is -1.92. The van der Waals surface area contributed by atoms with E-state index in [0.29, 0.717) is 32.1 Å². The molecule has 1 fully saturated rings. The van der Waals surface area contributed by atoms with Crippen molar-refractivity contribution >= 4 is 17.2 Å². The summed E-state index contributed by atoms with van der Waals surface area (Å²) in [5.74, 6) is 0.315. The van der Waals surface area contributed by atoms with E-state index in [1.165, 1.54) is 16.4 Å². The highest BCUT2D eigenvalue weighted by Crippen LogP contribution is 2.20. The van der Waals surface area contributed by atoms with Gasteiger partial charge in [0.05, 0.1) is 0 Å². The molecule has 3 rings (SSSR count). The predicted octanol–water partition coefficient (Wildman–Crippen LogP) is 1.54. The van der Waals surface area contributed by atoms with Gasteiger partial charge in [0.15, 0.2) is 0 Å². The van der Waals surface area contributed by atoms with Crippen molar-refractivity contribution in [2.45, 2.75) is 0 Å². The Hall–Kier alpha value is -1.90. The number of anilines is 1. The van der Waals surface area contributed by atoms with Crippen LogP contribution in [-0.2, 0) is 11.3 Å². The second kappa shape index (κ2) is 6.47. The summed E-state index contributed by atoms with van der Waals surface area (Å²) in [6.45, 7) is 2.18. The van der Waals surface area contributed by atoms with Crippen LogP contribution in [0, 0.1) is 5.82 Å². The molecule has 22 heavy (non-hydrogen) atoms. The summed E-state index contributed by atoms with van der Waals surface area (Å²) in [7, 11) is 0. The molecule has 2 heterocycles. The van der Waals surface area contributed by atoms with E-state index in [1.807, 2.05) is 4.90 Å². The molecule has 1 aliphatic heterocycles. The predicted molar refractivity (Wildman–Crippen MR) is 82.0 cm³/mol. The third-order valence-corrected chi connectivity index (χ3v) is 4.37. The van der Waals surface area contributed by atoms with Gasteiger partial charge in [0.25, 0.3) is 0 Å². The third-order valence-electron chi connectivity index (χ3n) is 3.56. The lowest BCUT2D eigenvalue weighted by atomic mass is 10.1. The number of hydrogen-bond donors (Lipinski definition) is 1. The van der Waals surface area contributed by atoms with Crippen LogP contribution >= 0.6 is 0 Å². The lowest BCUT2D eigenvalue weighted by Gasteiger charge is -2.32. The molecule has 116 valence electrons. The number of rotatable bonds is 3. The minimum Gasteiger partial charge on any atom is -0.338 e. The maximum absolute atomic E-state index is 12.9. The SMILES string of the molecule is O=S(O)N1CCN(c2ncc(-c3ccc(F)cc3)cn2)CC1. The van der Waals surface area contributed by atoms with Crippen molar-refractivity contribution in [3.8, 4) is 11.1 Å². The van der Waals surface area contributed by atoms with E-state index >= 15 is 0 Å². The Labute approximate surface area is 130 Å². The Bertz CT molecular complexity index is 658. The summed E-state index contributed by atoms with van der Waals surface area (Å²) in [6.07, 6.45) is 3.40. The standard InChI is InChI=1S/C14H15FN4O2S/c15-13-3-1-11(2-4-13)12-9-16-14(17-10-12)18-5-7-19(8-6-18)22(20)21/h1-4,9-10H,5-8H2,(H,20,21). The molecule has 0 bridgehead atoms. The normalized spacial score (nSPS) is 17.5. The molecule has 1 N–H and O–H groups in total. The van der Waals surface area contributed by atoms with E-state index in [9.17, 15) is 8.60 Å². The van der Waals surface area contributed by atoms with Crippen LogP contribution in [0.5, 0.6) is 0 Å². The third kappa shape index (κ3) is 3.29. The fourth-order valence-corrected chi connectivity index (χ4v) is 2.80. The van der Waals surface area contributed by atoms with Crippen molar-refractivity contribution in [3.63, 3.8) is 0 Å². The Balaban J connectivity index is 1.70. The second-order valence-corrected chi connectivity index (χ2v) is 5.90. The molecule has 1 aromatic carbocycles. The fourth-order valence-electron chi connectivity index (χ4n) is 2.32. The van der Waals surface area contributed by atoms with Gasteiger partial charge >= 0.3 is 0 Å². The molecule has 1 unspecified atom stereocenters. The van der Waals surface area contributed by atoms with Gasteiger partial charge in [0.1, 0.15) is 5.82 Å². The van der Waals surface area contributed by atoms with Gasteiger partial charge in [0, 0.05) is 44.1 Å². The van der Waals surface area contributed by atoms with Crippen LogP contribution in [0.4, 0.5) is 10.3 Å². The van der Waals surface area contributed by atoms with Crippen molar-refractivity contribution in [2.24, 2.45) is 0 Å². The zero-order chi connectivity index (χ0) is 15.5. The Morgan fingerprint density at radius 3 is 2.14 bits per heavy atom. The maximum atomic E-state index is 12.9. The Morgan fingerprint density at radius 1 is 1.00 bits per heavy atom. The molecule has 0 aliphatic carbocycles. The molecule has 6 nitrogen and oxygen atoms in total. The highest BCUT2D eigenvalue weighted by molar-refractivity contribution is 7.76. The van der Waals surface area contributed by atoms with Crippen LogP contribution in [0.2, 0.25) is 0 Å². The van der Waals surface area contributed by atoms with Gasteiger partial charge in [-0.05, 0) is 17.7 Å². The molecule has 8 heteroatoms. The minimum absolute atomic E-state index is 0.277. The first kappa shape index (κ1) is 15.0. The lowest BCUT2D eigenvalue weighted by Crippen LogP contribution is -2.47. The summed E-state index contributed by atoms with van der Waals surface area (Å²) < 4.78 is 34.4. The fraction of sp³-hybridized carbons (Fsp3) is 0.286. The van der Waals surface area contributed by atoms with Gasteiger partial charge in [-0.3, -0.25) is 4.55 Å². The first-order valence-corrected chi connectivity index (χ1v) is 7.89. The topological polar surface area (TPSA) is 69.6 Å². The lowest BCUT2D eigenvalue weighted by molar-refractivity contribution is 0.371. The molecular formula is C14H15FN4O2S. The van der Waals surface area contributed by atoms with Gasteiger partial charge in [-0.1, -0.05) is 12.1 Å². The van der Waals surface area contributed by atoms with Crippen molar-refractivity contribution < 1.29 is 13.2 Å². The average molecular weight is 322 g/mol. The Morgan fingerprint density at radius 2 is 1.59 bits per heavy atom. The summed E-state index contributed by atoms with van der Waals surface area (Å²) in [6, 6.07) is 6.17. The number of nitrogens with zero attached hydrogens (tertiary/aromatic N) is 4. The first-order valence-electron chi connectivity index (χ1n) is 6.82. The summed E-state index contributed by atoms with van der Waals surface area (Å²) in [4.78, 5) is 10.6. The van der Waals surface area contributed by atoms with Crippen LogP contribution in [-0.4, -0.2) is 49.2 Å². The number of aromatic nitrogens is 2.